The molecule has 0 saturated carbocycles. The summed E-state index contributed by atoms with van der Waals surface area (Å²) in [6.07, 6.45) is 2.43. The Hall–Kier alpha value is -2.70. The Kier molecular flexibility index (Phi) is 5.90. The molecule has 2 rings (SSSR count). The lowest BCUT2D eigenvalue weighted by Crippen LogP contribution is -2.41. The molecule has 1 atom stereocenters. The second kappa shape index (κ2) is 7.92. The molecule has 6 nitrogen and oxygen atoms in total. The standard InChI is InChI=1S/C18H23FN4O2/c1-5-8-23-13(4)15(10-20-23)18(25)21-12(3)17(24)22-16-7-6-14(19)9-11(16)2/h6-7,9-10,12H,5,8H2,1-4H3,(H,21,25)(H,22,24)/t12-/m1/s1. The average Bonchev–Trinajstić information content (AvgIpc) is 2.91. The average molecular weight is 346 g/mol. The molecule has 0 saturated heterocycles. The Balaban J connectivity index is 2.02. The number of nitrogens with one attached hydrogen (secondary N) is 2. The van der Waals surface area contributed by atoms with Crippen molar-refractivity contribution in [1.82, 2.24) is 15.1 Å². The summed E-state index contributed by atoms with van der Waals surface area (Å²) in [6, 6.07) is 3.36. The molecule has 134 valence electrons. The van der Waals surface area contributed by atoms with Gasteiger partial charge in [0.25, 0.3) is 5.91 Å². The van der Waals surface area contributed by atoms with Gasteiger partial charge in [0.05, 0.1) is 11.8 Å². The fourth-order valence-electron chi connectivity index (χ4n) is 2.45. The summed E-state index contributed by atoms with van der Waals surface area (Å²) in [5, 5.41) is 9.54. The number of benzene rings is 1. The molecule has 0 fully saturated rings. The van der Waals surface area contributed by atoms with E-state index in [9.17, 15) is 14.0 Å². The van der Waals surface area contributed by atoms with Gasteiger partial charge in [-0.3, -0.25) is 14.3 Å². The van der Waals surface area contributed by atoms with Crippen molar-refractivity contribution in [2.24, 2.45) is 0 Å². The molecule has 0 aliphatic carbocycles. The van der Waals surface area contributed by atoms with E-state index in [0.29, 0.717) is 16.8 Å². The highest BCUT2D eigenvalue weighted by Gasteiger charge is 2.20. The van der Waals surface area contributed by atoms with Gasteiger partial charge in [-0.1, -0.05) is 6.92 Å². The maximum atomic E-state index is 13.1. The molecule has 0 unspecified atom stereocenters. The zero-order valence-electron chi connectivity index (χ0n) is 14.9. The first-order valence-corrected chi connectivity index (χ1v) is 8.23. The molecule has 0 spiro atoms. The number of rotatable bonds is 6. The molecule has 1 aromatic carbocycles. The summed E-state index contributed by atoms with van der Waals surface area (Å²) < 4.78 is 14.9. The van der Waals surface area contributed by atoms with Crippen molar-refractivity contribution in [3.63, 3.8) is 0 Å². The number of hydrogen-bond donors (Lipinski definition) is 2. The van der Waals surface area contributed by atoms with Crippen molar-refractivity contribution >= 4 is 17.5 Å². The Bertz CT molecular complexity index is 785. The van der Waals surface area contributed by atoms with E-state index in [1.165, 1.54) is 24.4 Å². The van der Waals surface area contributed by atoms with E-state index in [2.05, 4.69) is 15.7 Å². The Morgan fingerprint density at radius 2 is 2.04 bits per heavy atom. The molecule has 2 amide bonds. The smallest absolute Gasteiger partial charge is 0.255 e. The number of carbonyl (C=O) groups is 2. The van der Waals surface area contributed by atoms with Gasteiger partial charge < -0.3 is 10.6 Å². The van der Waals surface area contributed by atoms with Gasteiger partial charge in [-0.15, -0.1) is 0 Å². The number of carbonyl (C=O) groups excluding carboxylic acids is 2. The first-order chi connectivity index (χ1) is 11.8. The lowest BCUT2D eigenvalue weighted by molar-refractivity contribution is -0.117. The molecular formula is C18H23FN4O2. The van der Waals surface area contributed by atoms with Crippen LogP contribution in [0.25, 0.3) is 0 Å². The summed E-state index contributed by atoms with van der Waals surface area (Å²) >= 11 is 0. The predicted octanol–water partition coefficient (Wildman–Crippen LogP) is 2.81. The first kappa shape index (κ1) is 18.6. The molecule has 1 aromatic heterocycles. The zero-order valence-corrected chi connectivity index (χ0v) is 14.9. The third-order valence-electron chi connectivity index (χ3n) is 3.97. The second-order valence-corrected chi connectivity index (χ2v) is 6.01. The normalized spacial score (nSPS) is 11.9. The van der Waals surface area contributed by atoms with Crippen LogP contribution in [0.5, 0.6) is 0 Å². The molecule has 0 aliphatic heterocycles. The summed E-state index contributed by atoms with van der Waals surface area (Å²) in [5.41, 5.74) is 2.34. The Labute approximate surface area is 146 Å². The molecule has 7 heteroatoms. The second-order valence-electron chi connectivity index (χ2n) is 6.01. The van der Waals surface area contributed by atoms with Gasteiger partial charge in [0, 0.05) is 17.9 Å². The van der Waals surface area contributed by atoms with Crippen LogP contribution in [0.1, 0.15) is 41.9 Å². The van der Waals surface area contributed by atoms with Crippen LogP contribution in [0.3, 0.4) is 0 Å². The fraction of sp³-hybridized carbons (Fsp3) is 0.389. The summed E-state index contributed by atoms with van der Waals surface area (Å²) in [6.45, 7) is 7.89. The van der Waals surface area contributed by atoms with E-state index >= 15 is 0 Å². The number of halogens is 1. The van der Waals surface area contributed by atoms with E-state index < -0.39 is 6.04 Å². The number of hydrogen-bond acceptors (Lipinski definition) is 3. The lowest BCUT2D eigenvalue weighted by Gasteiger charge is -2.15. The van der Waals surface area contributed by atoms with E-state index in [1.807, 2.05) is 13.8 Å². The van der Waals surface area contributed by atoms with E-state index in [-0.39, 0.29) is 17.6 Å². The minimum Gasteiger partial charge on any atom is -0.340 e. The quantitative estimate of drug-likeness (QED) is 0.844. The maximum Gasteiger partial charge on any atom is 0.255 e. The molecule has 0 aliphatic rings. The van der Waals surface area contributed by atoms with Gasteiger partial charge in [0.1, 0.15) is 11.9 Å². The molecule has 0 radical (unpaired) electrons. The van der Waals surface area contributed by atoms with E-state index in [4.69, 9.17) is 0 Å². The van der Waals surface area contributed by atoms with Crippen molar-refractivity contribution < 1.29 is 14.0 Å². The van der Waals surface area contributed by atoms with Crippen LogP contribution in [-0.2, 0) is 11.3 Å². The Morgan fingerprint density at radius 3 is 2.68 bits per heavy atom. The van der Waals surface area contributed by atoms with Crippen molar-refractivity contribution in [1.29, 1.82) is 0 Å². The number of aryl methyl sites for hydroxylation is 2. The Morgan fingerprint density at radius 1 is 1.32 bits per heavy atom. The molecular weight excluding hydrogens is 323 g/mol. The molecule has 2 aromatic rings. The van der Waals surface area contributed by atoms with Crippen LogP contribution in [0.2, 0.25) is 0 Å². The highest BCUT2D eigenvalue weighted by atomic mass is 19.1. The molecule has 1 heterocycles. The largest absolute Gasteiger partial charge is 0.340 e. The molecule has 2 N–H and O–H groups in total. The lowest BCUT2D eigenvalue weighted by atomic mass is 10.1. The SMILES string of the molecule is CCCn1ncc(C(=O)N[C@H](C)C(=O)Nc2ccc(F)cc2C)c1C. The van der Waals surface area contributed by atoms with E-state index in [0.717, 1.165) is 18.7 Å². The minimum absolute atomic E-state index is 0.349. The number of amides is 2. The van der Waals surface area contributed by atoms with Crippen molar-refractivity contribution in [3.8, 4) is 0 Å². The van der Waals surface area contributed by atoms with Crippen LogP contribution >= 0.6 is 0 Å². The van der Waals surface area contributed by atoms with Crippen LogP contribution in [0, 0.1) is 19.7 Å². The summed E-state index contributed by atoms with van der Waals surface area (Å²) in [4.78, 5) is 24.6. The van der Waals surface area contributed by atoms with Crippen LogP contribution < -0.4 is 10.6 Å². The van der Waals surface area contributed by atoms with Gasteiger partial charge in [0.15, 0.2) is 0 Å². The predicted molar refractivity (Wildman–Crippen MR) is 93.9 cm³/mol. The van der Waals surface area contributed by atoms with Gasteiger partial charge in [-0.25, -0.2) is 4.39 Å². The highest BCUT2D eigenvalue weighted by molar-refractivity contribution is 6.01. The summed E-state index contributed by atoms with van der Waals surface area (Å²) in [7, 11) is 0. The fourth-order valence-corrected chi connectivity index (χ4v) is 2.45. The highest BCUT2D eigenvalue weighted by Crippen LogP contribution is 2.16. The number of anilines is 1. The van der Waals surface area contributed by atoms with Crippen molar-refractivity contribution in [2.45, 2.75) is 46.7 Å². The number of nitrogens with zero attached hydrogens (tertiary/aromatic N) is 2. The van der Waals surface area contributed by atoms with Crippen LogP contribution in [0.4, 0.5) is 10.1 Å². The first-order valence-electron chi connectivity index (χ1n) is 8.23. The van der Waals surface area contributed by atoms with Gasteiger partial charge in [-0.05, 0) is 51.0 Å². The number of aromatic nitrogens is 2. The van der Waals surface area contributed by atoms with Crippen LogP contribution in [0.15, 0.2) is 24.4 Å². The van der Waals surface area contributed by atoms with E-state index in [1.54, 1.807) is 18.5 Å². The van der Waals surface area contributed by atoms with Gasteiger partial charge in [0.2, 0.25) is 5.91 Å². The maximum absolute atomic E-state index is 13.1. The van der Waals surface area contributed by atoms with Crippen molar-refractivity contribution in [2.75, 3.05) is 5.32 Å². The minimum atomic E-state index is -0.745. The van der Waals surface area contributed by atoms with Gasteiger partial charge >= 0.3 is 0 Å². The van der Waals surface area contributed by atoms with Gasteiger partial charge in [-0.2, -0.15) is 5.10 Å². The third-order valence-corrected chi connectivity index (χ3v) is 3.97. The van der Waals surface area contributed by atoms with Crippen molar-refractivity contribution in [3.05, 3.63) is 47.0 Å². The topological polar surface area (TPSA) is 76.0 Å². The third kappa shape index (κ3) is 4.43. The monoisotopic (exact) mass is 346 g/mol. The zero-order chi connectivity index (χ0) is 18.6. The van der Waals surface area contributed by atoms with Crippen LogP contribution in [-0.4, -0.2) is 27.6 Å². The molecule has 25 heavy (non-hydrogen) atoms. The molecule has 0 bridgehead atoms. The summed E-state index contributed by atoms with van der Waals surface area (Å²) in [5.74, 6) is -1.09.